The van der Waals surface area contributed by atoms with Crippen molar-refractivity contribution in [3.05, 3.63) is 82.9 Å². The van der Waals surface area contributed by atoms with Crippen LogP contribution in [0.25, 0.3) is 32.9 Å². The number of carbonyl (C=O) groups is 1. The molecule has 4 aromatic rings. The summed E-state index contributed by atoms with van der Waals surface area (Å²) < 4.78 is 0. The van der Waals surface area contributed by atoms with Gasteiger partial charge in [-0.15, -0.1) is 34.9 Å². The monoisotopic (exact) mass is 786 g/mol. The molecule has 0 aliphatic heterocycles. The zero-order chi connectivity index (χ0) is 32.8. The maximum atomic E-state index is 12.2. The molecule has 0 unspecified atom stereocenters. The largest absolute Gasteiger partial charge is 0.512 e. The standard InChI is InChI=1S/C25H25N2.C15H28O2.Ir/c1-15(2)11-20-8-6-7-19-9-10-22-24(21-13-16(3)12-17(4)14-21)26-18(5)27-25(22)23(19)20;1-7-14(5,8-2)12(16)11-13(17)15(6,9-3)10-4;/h6-10,12-13,15H,11H2,1-5H3;11,16H,7-10H2,1-6H3;/q-1;;/b;12-11-;. The van der Waals surface area contributed by atoms with Gasteiger partial charge in [0, 0.05) is 42.4 Å². The van der Waals surface area contributed by atoms with E-state index >= 15 is 0 Å². The number of aliphatic hydroxyl groups is 1. The molecular formula is C40H53IrN2O2-. The molecule has 45 heavy (non-hydrogen) atoms. The summed E-state index contributed by atoms with van der Waals surface area (Å²) in [5.41, 5.74) is 6.20. The Kier molecular flexibility index (Phi) is 13.7. The molecule has 1 aromatic heterocycles. The quantitative estimate of drug-likeness (QED) is 0.0753. The van der Waals surface area contributed by atoms with E-state index < -0.39 is 0 Å². The average Bonchev–Trinajstić information content (AvgIpc) is 2.99. The molecule has 0 aliphatic rings. The summed E-state index contributed by atoms with van der Waals surface area (Å²) in [6.45, 7) is 22.8. The fraction of sp³-hybridized carbons (Fsp3) is 0.475. The van der Waals surface area contributed by atoms with Gasteiger partial charge in [0.25, 0.3) is 0 Å². The minimum absolute atomic E-state index is 0. The molecule has 3 aromatic carbocycles. The summed E-state index contributed by atoms with van der Waals surface area (Å²) >= 11 is 0. The van der Waals surface area contributed by atoms with Gasteiger partial charge in [0.15, 0.2) is 5.78 Å². The number of carbonyl (C=O) groups excluding carboxylic acids is 1. The first-order valence-electron chi connectivity index (χ1n) is 16.4. The number of allylic oxidation sites excluding steroid dienone is 2. The number of fused-ring (bicyclic) bond motifs is 3. The van der Waals surface area contributed by atoms with Gasteiger partial charge in [0.1, 0.15) is 11.6 Å². The van der Waals surface area contributed by atoms with E-state index in [0.29, 0.717) is 5.92 Å². The van der Waals surface area contributed by atoms with Gasteiger partial charge in [0.05, 0.1) is 5.52 Å². The molecule has 0 atom stereocenters. The first kappa shape index (κ1) is 38.3. The molecule has 0 saturated heterocycles. The van der Waals surface area contributed by atoms with Gasteiger partial charge >= 0.3 is 0 Å². The van der Waals surface area contributed by atoms with E-state index in [1.165, 1.54) is 28.0 Å². The topological polar surface area (TPSA) is 63.1 Å². The Balaban J connectivity index is 0.000000343. The second-order valence-corrected chi connectivity index (χ2v) is 13.4. The van der Waals surface area contributed by atoms with Crippen LogP contribution in [0.2, 0.25) is 0 Å². The fourth-order valence-electron chi connectivity index (χ4n) is 5.67. The van der Waals surface area contributed by atoms with Crippen LogP contribution in [-0.2, 0) is 31.3 Å². The number of benzene rings is 3. The summed E-state index contributed by atoms with van der Waals surface area (Å²) in [5, 5.41) is 13.7. The molecule has 4 nitrogen and oxygen atoms in total. The molecule has 0 saturated carbocycles. The second-order valence-electron chi connectivity index (χ2n) is 13.4. The van der Waals surface area contributed by atoms with Crippen LogP contribution in [-0.4, -0.2) is 20.9 Å². The maximum absolute atomic E-state index is 12.2. The average molecular weight is 786 g/mol. The van der Waals surface area contributed by atoms with E-state index in [-0.39, 0.29) is 42.5 Å². The number of rotatable bonds is 10. The number of aryl methyl sites for hydroxylation is 3. The Bertz CT molecular complexity index is 1630. The zero-order valence-corrected chi connectivity index (χ0v) is 31.7. The van der Waals surface area contributed by atoms with Gasteiger partial charge in [-0.05, 0) is 67.0 Å². The molecule has 0 fully saturated rings. The molecule has 1 radical (unpaired) electrons. The SMILES string of the molecule is CCC(C)(CC)C(=O)/C=C(\O)C(C)(CC)CC.Cc1[c-]c(-c2nc(C)nc3c2ccc2cccc(CC(C)C)c23)cc(C)c1.[Ir]. The Morgan fingerprint density at radius 3 is 2.09 bits per heavy atom. The smallest absolute Gasteiger partial charge is 0.164 e. The number of hydrogen-bond acceptors (Lipinski definition) is 4. The van der Waals surface area contributed by atoms with E-state index in [0.717, 1.165) is 65.7 Å². The van der Waals surface area contributed by atoms with Crippen molar-refractivity contribution in [2.75, 3.05) is 0 Å². The van der Waals surface area contributed by atoms with E-state index in [2.05, 4.69) is 76.2 Å². The van der Waals surface area contributed by atoms with Crippen molar-refractivity contribution in [3.63, 3.8) is 0 Å². The van der Waals surface area contributed by atoms with Gasteiger partial charge in [-0.1, -0.05) is 99.6 Å². The van der Waals surface area contributed by atoms with Crippen LogP contribution in [0.3, 0.4) is 0 Å². The molecule has 0 amide bonds. The van der Waals surface area contributed by atoms with Gasteiger partial charge in [-0.2, -0.15) is 0 Å². The van der Waals surface area contributed by atoms with Crippen LogP contribution in [0.4, 0.5) is 0 Å². The number of ketones is 1. The molecule has 4 rings (SSSR count). The Hall–Kier alpha value is -2.88. The summed E-state index contributed by atoms with van der Waals surface area (Å²) in [6.07, 6.45) is 5.80. The van der Waals surface area contributed by atoms with Gasteiger partial charge in [-0.25, -0.2) is 4.98 Å². The molecule has 0 bridgehead atoms. The van der Waals surface area contributed by atoms with Crippen molar-refractivity contribution >= 4 is 27.5 Å². The Morgan fingerprint density at radius 1 is 0.911 bits per heavy atom. The molecule has 5 heteroatoms. The first-order valence-corrected chi connectivity index (χ1v) is 16.4. The van der Waals surface area contributed by atoms with Gasteiger partial charge in [0.2, 0.25) is 0 Å². The fourth-order valence-corrected chi connectivity index (χ4v) is 5.67. The normalized spacial score (nSPS) is 12.2. The van der Waals surface area contributed by atoms with Crippen LogP contribution in [0.1, 0.15) is 104 Å². The summed E-state index contributed by atoms with van der Waals surface area (Å²) in [7, 11) is 0. The van der Waals surface area contributed by atoms with Crippen LogP contribution in [0, 0.1) is 43.6 Å². The number of hydrogen-bond donors (Lipinski definition) is 1. The van der Waals surface area contributed by atoms with Crippen molar-refractivity contribution in [3.8, 4) is 11.3 Å². The van der Waals surface area contributed by atoms with Crippen molar-refractivity contribution in [2.45, 2.75) is 108 Å². The molecule has 245 valence electrons. The first-order chi connectivity index (χ1) is 20.7. The second kappa shape index (κ2) is 16.1. The van der Waals surface area contributed by atoms with Crippen molar-refractivity contribution in [1.82, 2.24) is 9.97 Å². The van der Waals surface area contributed by atoms with E-state index in [1.54, 1.807) is 0 Å². The van der Waals surface area contributed by atoms with Crippen LogP contribution in [0.5, 0.6) is 0 Å². The molecule has 0 spiro atoms. The number of aromatic nitrogens is 2. The van der Waals surface area contributed by atoms with E-state index in [4.69, 9.17) is 9.97 Å². The minimum atomic E-state index is -0.337. The van der Waals surface area contributed by atoms with Crippen molar-refractivity contribution in [1.29, 1.82) is 0 Å². The molecule has 0 aliphatic carbocycles. The Labute approximate surface area is 285 Å². The van der Waals surface area contributed by atoms with E-state index in [9.17, 15) is 9.90 Å². The van der Waals surface area contributed by atoms with Gasteiger partial charge in [-0.3, -0.25) is 9.78 Å². The molecular weight excluding hydrogens is 733 g/mol. The predicted octanol–water partition coefficient (Wildman–Crippen LogP) is 11.0. The third-order valence-electron chi connectivity index (χ3n) is 9.54. The third kappa shape index (κ3) is 8.89. The third-order valence-corrected chi connectivity index (χ3v) is 9.54. The maximum Gasteiger partial charge on any atom is 0.164 e. The van der Waals surface area contributed by atoms with E-state index in [1.807, 2.05) is 48.5 Å². The molecule has 1 N–H and O–H groups in total. The van der Waals surface area contributed by atoms with Crippen LogP contribution in [0.15, 0.2) is 54.3 Å². The van der Waals surface area contributed by atoms with Gasteiger partial charge < -0.3 is 5.11 Å². The predicted molar refractivity (Wildman–Crippen MR) is 187 cm³/mol. The Morgan fingerprint density at radius 2 is 1.53 bits per heavy atom. The van der Waals surface area contributed by atoms with Crippen LogP contribution >= 0.6 is 0 Å². The van der Waals surface area contributed by atoms with Crippen molar-refractivity contribution in [2.24, 2.45) is 16.7 Å². The zero-order valence-electron chi connectivity index (χ0n) is 29.3. The van der Waals surface area contributed by atoms with Crippen LogP contribution < -0.4 is 0 Å². The summed E-state index contributed by atoms with van der Waals surface area (Å²) in [4.78, 5) is 21.9. The summed E-state index contributed by atoms with van der Waals surface area (Å²) in [5.74, 6) is 1.69. The number of nitrogens with zero attached hydrogens (tertiary/aromatic N) is 2. The minimum Gasteiger partial charge on any atom is -0.512 e. The molecule has 1 heterocycles. The number of aliphatic hydroxyl groups excluding tert-OH is 1. The summed E-state index contributed by atoms with van der Waals surface area (Å²) in [6, 6.07) is 18.7. The van der Waals surface area contributed by atoms with Crippen molar-refractivity contribution < 1.29 is 30.0 Å².